The lowest BCUT2D eigenvalue weighted by molar-refractivity contribution is -0.145. The van der Waals surface area contributed by atoms with Gasteiger partial charge in [-0.2, -0.15) is 0 Å². The zero-order valence-electron chi connectivity index (χ0n) is 9.78. The molecular formula is C10H18N2O4. The van der Waals surface area contributed by atoms with E-state index in [-0.39, 0.29) is 17.9 Å². The van der Waals surface area contributed by atoms with Crippen molar-refractivity contribution < 1.29 is 19.1 Å². The van der Waals surface area contributed by atoms with E-state index in [4.69, 9.17) is 4.74 Å². The maximum Gasteiger partial charge on any atom is 0.328 e. The molecule has 16 heavy (non-hydrogen) atoms. The van der Waals surface area contributed by atoms with Gasteiger partial charge in [0.25, 0.3) is 0 Å². The summed E-state index contributed by atoms with van der Waals surface area (Å²) in [4.78, 5) is 22.9. The SMILES string of the molecule is CNC1COCC1C(=O)N[C@@H](C)C(=O)OC. The van der Waals surface area contributed by atoms with Gasteiger partial charge in [-0.15, -0.1) is 0 Å². The molecule has 1 amide bonds. The van der Waals surface area contributed by atoms with E-state index in [0.29, 0.717) is 13.2 Å². The molecule has 0 saturated carbocycles. The summed E-state index contributed by atoms with van der Waals surface area (Å²) < 4.78 is 9.74. The average molecular weight is 230 g/mol. The van der Waals surface area contributed by atoms with Gasteiger partial charge in [0.05, 0.1) is 26.2 Å². The predicted octanol–water partition coefficient (Wildman–Crippen LogP) is -1.10. The van der Waals surface area contributed by atoms with E-state index < -0.39 is 12.0 Å². The molecule has 0 aromatic heterocycles. The molecule has 6 heteroatoms. The van der Waals surface area contributed by atoms with E-state index in [1.807, 2.05) is 0 Å². The molecule has 1 aliphatic heterocycles. The molecule has 6 nitrogen and oxygen atoms in total. The number of hydrogen-bond donors (Lipinski definition) is 2. The van der Waals surface area contributed by atoms with E-state index >= 15 is 0 Å². The second-order valence-corrected chi connectivity index (χ2v) is 3.79. The van der Waals surface area contributed by atoms with Crippen LogP contribution in [-0.4, -0.2) is 51.3 Å². The van der Waals surface area contributed by atoms with Crippen LogP contribution in [0.3, 0.4) is 0 Å². The summed E-state index contributed by atoms with van der Waals surface area (Å²) in [5, 5.41) is 5.61. The number of carbonyl (C=O) groups excluding carboxylic acids is 2. The van der Waals surface area contributed by atoms with Crippen LogP contribution in [-0.2, 0) is 19.1 Å². The molecule has 0 bridgehead atoms. The van der Waals surface area contributed by atoms with Gasteiger partial charge in [-0.1, -0.05) is 0 Å². The molecular weight excluding hydrogens is 212 g/mol. The van der Waals surface area contributed by atoms with Gasteiger partial charge < -0.3 is 20.1 Å². The van der Waals surface area contributed by atoms with Gasteiger partial charge in [0.1, 0.15) is 6.04 Å². The van der Waals surface area contributed by atoms with Crippen LogP contribution < -0.4 is 10.6 Å². The standard InChI is InChI=1S/C10H18N2O4/c1-6(10(14)15-3)12-9(13)7-4-16-5-8(7)11-2/h6-8,11H,4-5H2,1-3H3,(H,12,13)/t6-,7?,8?/m0/s1. The maximum absolute atomic E-state index is 11.8. The van der Waals surface area contributed by atoms with Crippen LogP contribution in [0.1, 0.15) is 6.92 Å². The van der Waals surface area contributed by atoms with Crippen molar-refractivity contribution in [2.45, 2.75) is 19.0 Å². The average Bonchev–Trinajstić information content (AvgIpc) is 2.75. The highest BCUT2D eigenvalue weighted by molar-refractivity contribution is 5.86. The second kappa shape index (κ2) is 5.81. The summed E-state index contributed by atoms with van der Waals surface area (Å²) in [6.07, 6.45) is 0. The minimum Gasteiger partial charge on any atom is -0.467 e. The Labute approximate surface area is 94.7 Å². The molecule has 0 aromatic carbocycles. The summed E-state index contributed by atoms with van der Waals surface area (Å²) in [6.45, 7) is 2.49. The molecule has 0 spiro atoms. The van der Waals surface area contributed by atoms with Crippen LogP contribution in [0.4, 0.5) is 0 Å². The number of hydrogen-bond acceptors (Lipinski definition) is 5. The number of rotatable bonds is 4. The highest BCUT2D eigenvalue weighted by Crippen LogP contribution is 2.13. The Kier molecular flexibility index (Phi) is 4.70. The number of amides is 1. The highest BCUT2D eigenvalue weighted by Gasteiger charge is 2.34. The Morgan fingerprint density at radius 3 is 2.69 bits per heavy atom. The third-order valence-electron chi connectivity index (χ3n) is 2.70. The van der Waals surface area contributed by atoms with E-state index in [0.717, 1.165) is 0 Å². The smallest absolute Gasteiger partial charge is 0.328 e. The maximum atomic E-state index is 11.8. The van der Waals surface area contributed by atoms with Crippen molar-refractivity contribution in [1.82, 2.24) is 10.6 Å². The second-order valence-electron chi connectivity index (χ2n) is 3.79. The Bertz CT molecular complexity index is 270. The Hall–Kier alpha value is -1.14. The number of likely N-dealkylation sites (N-methyl/N-ethyl adjacent to an activating group) is 1. The minimum absolute atomic E-state index is 0.00449. The topological polar surface area (TPSA) is 76.7 Å². The van der Waals surface area contributed by atoms with Gasteiger partial charge >= 0.3 is 5.97 Å². The van der Waals surface area contributed by atoms with Crippen LogP contribution in [0.25, 0.3) is 0 Å². The summed E-state index contributed by atoms with van der Waals surface area (Å²) in [7, 11) is 3.07. The van der Waals surface area contributed by atoms with Gasteiger partial charge in [-0.25, -0.2) is 4.79 Å². The molecule has 1 heterocycles. The third kappa shape index (κ3) is 2.93. The molecule has 3 atom stereocenters. The normalized spacial score (nSPS) is 26.2. The monoisotopic (exact) mass is 230 g/mol. The molecule has 1 fully saturated rings. The summed E-state index contributed by atoms with van der Waals surface area (Å²) >= 11 is 0. The molecule has 1 rings (SSSR count). The van der Waals surface area contributed by atoms with Crippen LogP contribution in [0.2, 0.25) is 0 Å². The summed E-state index contributed by atoms with van der Waals surface area (Å²) in [5.41, 5.74) is 0. The van der Waals surface area contributed by atoms with Crippen molar-refractivity contribution in [3.8, 4) is 0 Å². The van der Waals surface area contributed by atoms with Crippen molar-refractivity contribution in [3.05, 3.63) is 0 Å². The molecule has 1 saturated heterocycles. The van der Waals surface area contributed by atoms with Gasteiger partial charge in [0, 0.05) is 6.04 Å². The van der Waals surface area contributed by atoms with Crippen LogP contribution >= 0.6 is 0 Å². The molecule has 0 aromatic rings. The fourth-order valence-corrected chi connectivity index (χ4v) is 1.65. The van der Waals surface area contributed by atoms with E-state index in [2.05, 4.69) is 15.4 Å². The lowest BCUT2D eigenvalue weighted by Crippen LogP contribution is -2.47. The third-order valence-corrected chi connectivity index (χ3v) is 2.70. The first-order chi connectivity index (χ1) is 7.60. The Morgan fingerprint density at radius 1 is 1.44 bits per heavy atom. The molecule has 92 valence electrons. The number of carbonyl (C=O) groups is 2. The fourth-order valence-electron chi connectivity index (χ4n) is 1.65. The molecule has 1 aliphatic rings. The zero-order valence-corrected chi connectivity index (χ0v) is 9.78. The van der Waals surface area contributed by atoms with E-state index in [9.17, 15) is 9.59 Å². The van der Waals surface area contributed by atoms with Crippen molar-refractivity contribution in [1.29, 1.82) is 0 Å². The van der Waals surface area contributed by atoms with Crippen LogP contribution in [0.15, 0.2) is 0 Å². The zero-order chi connectivity index (χ0) is 12.1. The lowest BCUT2D eigenvalue weighted by atomic mass is 10.0. The first-order valence-corrected chi connectivity index (χ1v) is 5.23. The van der Waals surface area contributed by atoms with Gasteiger partial charge in [0.2, 0.25) is 5.91 Å². The van der Waals surface area contributed by atoms with Crippen molar-refractivity contribution in [2.75, 3.05) is 27.4 Å². The van der Waals surface area contributed by atoms with Gasteiger partial charge in [0.15, 0.2) is 0 Å². The largest absolute Gasteiger partial charge is 0.467 e. The van der Waals surface area contributed by atoms with Gasteiger partial charge in [-0.05, 0) is 14.0 Å². The Balaban J connectivity index is 2.48. The molecule has 0 radical (unpaired) electrons. The molecule has 2 unspecified atom stereocenters. The Morgan fingerprint density at radius 2 is 2.12 bits per heavy atom. The summed E-state index contributed by atoms with van der Waals surface area (Å²) in [5.74, 6) is -0.889. The number of nitrogens with one attached hydrogen (secondary N) is 2. The molecule has 2 N–H and O–H groups in total. The molecule has 0 aliphatic carbocycles. The number of methoxy groups -OCH3 is 1. The first kappa shape index (κ1) is 12.9. The lowest BCUT2D eigenvalue weighted by Gasteiger charge is -2.18. The summed E-state index contributed by atoms with van der Waals surface area (Å²) in [6, 6.07) is -0.625. The highest BCUT2D eigenvalue weighted by atomic mass is 16.5. The van der Waals surface area contributed by atoms with Crippen molar-refractivity contribution in [2.24, 2.45) is 5.92 Å². The number of ether oxygens (including phenoxy) is 2. The van der Waals surface area contributed by atoms with Crippen molar-refractivity contribution >= 4 is 11.9 Å². The minimum atomic E-state index is -0.629. The quantitative estimate of drug-likeness (QED) is 0.599. The van der Waals surface area contributed by atoms with E-state index in [1.54, 1.807) is 14.0 Å². The first-order valence-electron chi connectivity index (χ1n) is 5.23. The number of esters is 1. The van der Waals surface area contributed by atoms with Crippen molar-refractivity contribution in [3.63, 3.8) is 0 Å². The van der Waals surface area contributed by atoms with Gasteiger partial charge in [-0.3, -0.25) is 4.79 Å². The fraction of sp³-hybridized carbons (Fsp3) is 0.800. The van der Waals surface area contributed by atoms with Crippen LogP contribution in [0, 0.1) is 5.92 Å². The predicted molar refractivity (Wildman–Crippen MR) is 56.8 cm³/mol. The van der Waals surface area contributed by atoms with E-state index in [1.165, 1.54) is 7.11 Å². The van der Waals surface area contributed by atoms with Crippen LogP contribution in [0.5, 0.6) is 0 Å².